The Morgan fingerprint density at radius 3 is 2.83 bits per heavy atom. The van der Waals surface area contributed by atoms with E-state index >= 15 is 0 Å². The number of fused-ring (bicyclic) bond motifs is 1. The number of alkyl halides is 2. The molecule has 6 nitrogen and oxygen atoms in total. The third kappa shape index (κ3) is 2.54. The molecule has 0 saturated heterocycles. The molecule has 1 aliphatic rings. The molecule has 0 aromatic heterocycles. The number of ether oxygens (including phenoxy) is 2. The fraction of sp³-hybridized carbons (Fsp3) is 0.200. The molecule has 0 fully saturated rings. The molecule has 1 aromatic rings. The number of anilines is 1. The van der Waals surface area contributed by atoms with Crippen LogP contribution in [0.1, 0.15) is 0 Å². The Balaban J connectivity index is 2.14. The molecular formula is C10H9F2N3O3. The zero-order chi connectivity index (χ0) is 13.2. The largest absolute Gasteiger partial charge is 0.586 e. The molecule has 0 radical (unpaired) electrons. The highest BCUT2D eigenvalue weighted by Gasteiger charge is 2.43. The van der Waals surface area contributed by atoms with Crippen LogP contribution in [-0.4, -0.2) is 18.0 Å². The second-order valence-electron chi connectivity index (χ2n) is 3.38. The molecule has 1 heterocycles. The minimum atomic E-state index is -3.65. The highest BCUT2D eigenvalue weighted by Crippen LogP contribution is 2.42. The Hall–Kier alpha value is -2.22. The number of benzene rings is 1. The Labute approximate surface area is 100 Å². The van der Waals surface area contributed by atoms with E-state index in [1.54, 1.807) is 0 Å². The van der Waals surface area contributed by atoms with Crippen molar-refractivity contribution in [1.82, 2.24) is 0 Å². The van der Waals surface area contributed by atoms with Crippen LogP contribution in [0.2, 0.25) is 0 Å². The fourth-order valence-corrected chi connectivity index (χ4v) is 1.32. The summed E-state index contributed by atoms with van der Waals surface area (Å²) in [7, 11) is 0. The molecule has 8 heteroatoms. The van der Waals surface area contributed by atoms with Gasteiger partial charge in [-0.1, -0.05) is 0 Å². The number of aliphatic hydroxyl groups excluding tert-OH is 1. The van der Waals surface area contributed by atoms with Gasteiger partial charge in [-0.25, -0.2) is 5.53 Å². The van der Waals surface area contributed by atoms with Gasteiger partial charge in [-0.15, -0.1) is 8.78 Å². The molecule has 18 heavy (non-hydrogen) atoms. The third-order valence-electron chi connectivity index (χ3n) is 2.11. The second kappa shape index (κ2) is 4.57. The summed E-state index contributed by atoms with van der Waals surface area (Å²) in [6.07, 6.45) is -2.37. The Bertz CT molecular complexity index is 505. The summed E-state index contributed by atoms with van der Waals surface area (Å²) in [5, 5.41) is 14.5. The van der Waals surface area contributed by atoms with Crippen molar-refractivity contribution >= 4 is 5.69 Å². The van der Waals surface area contributed by atoms with Crippen molar-refractivity contribution in [2.24, 2.45) is 5.11 Å². The predicted octanol–water partition coefficient (Wildman–Crippen LogP) is 2.28. The van der Waals surface area contributed by atoms with Gasteiger partial charge in [-0.05, 0) is 12.1 Å². The smallest absolute Gasteiger partial charge is 0.395 e. The zero-order valence-electron chi connectivity index (χ0n) is 8.98. The molecule has 0 unspecified atom stereocenters. The van der Waals surface area contributed by atoms with E-state index in [0.29, 0.717) is 5.69 Å². The van der Waals surface area contributed by atoms with Gasteiger partial charge in [0.25, 0.3) is 0 Å². The summed E-state index contributed by atoms with van der Waals surface area (Å²) in [5.41, 5.74) is 7.24. The van der Waals surface area contributed by atoms with Crippen LogP contribution in [0.5, 0.6) is 11.5 Å². The maximum Gasteiger partial charge on any atom is 0.586 e. The van der Waals surface area contributed by atoms with Crippen molar-refractivity contribution in [1.29, 1.82) is 5.53 Å². The molecule has 0 aliphatic carbocycles. The average molecular weight is 257 g/mol. The molecule has 0 amide bonds. The normalized spacial score (nSPS) is 16.5. The Morgan fingerprint density at radius 1 is 1.44 bits per heavy atom. The molecule has 3 N–H and O–H groups in total. The lowest BCUT2D eigenvalue weighted by molar-refractivity contribution is -0.286. The number of hydrogen-bond acceptors (Lipinski definition) is 6. The highest BCUT2D eigenvalue weighted by molar-refractivity contribution is 5.57. The van der Waals surface area contributed by atoms with Crippen LogP contribution in [0.4, 0.5) is 14.5 Å². The first-order chi connectivity index (χ1) is 8.54. The van der Waals surface area contributed by atoms with E-state index in [1.165, 1.54) is 24.4 Å². The summed E-state index contributed by atoms with van der Waals surface area (Å²) in [4.78, 5) is 0. The lowest BCUT2D eigenvalue weighted by atomic mass is 10.3. The first-order valence-electron chi connectivity index (χ1n) is 4.88. The average Bonchev–Trinajstić information content (AvgIpc) is 2.63. The molecule has 96 valence electrons. The number of rotatable bonds is 4. The number of hydrogen-bond donors (Lipinski definition) is 3. The maximum absolute atomic E-state index is 12.7. The van der Waals surface area contributed by atoms with E-state index in [9.17, 15) is 8.78 Å². The molecule has 1 aromatic carbocycles. The molecule has 0 spiro atoms. The standard InChI is InChI=1S/C10H9F2N3O3/c11-10(12)17-8-2-1-6(3-9(8)18-10)14-4-7(5-16)15-13/h1-4,13-14,16H,5H2/b7-4-,15-13?. The Morgan fingerprint density at radius 2 is 2.17 bits per heavy atom. The van der Waals surface area contributed by atoms with Gasteiger partial charge < -0.3 is 19.9 Å². The van der Waals surface area contributed by atoms with E-state index in [2.05, 4.69) is 19.9 Å². The molecule has 0 saturated carbocycles. The third-order valence-corrected chi connectivity index (χ3v) is 2.11. The predicted molar refractivity (Wildman–Crippen MR) is 56.6 cm³/mol. The Kier molecular flexibility index (Phi) is 3.11. The first kappa shape index (κ1) is 12.2. The summed E-state index contributed by atoms with van der Waals surface area (Å²) in [6.45, 7) is -0.404. The zero-order valence-corrected chi connectivity index (χ0v) is 8.98. The second-order valence-corrected chi connectivity index (χ2v) is 3.38. The summed E-state index contributed by atoms with van der Waals surface area (Å²) in [6, 6.07) is 4.12. The molecule has 0 bridgehead atoms. The lowest BCUT2D eigenvalue weighted by Gasteiger charge is -2.04. The molecule has 1 aliphatic heterocycles. The summed E-state index contributed by atoms with van der Waals surface area (Å²) >= 11 is 0. The summed E-state index contributed by atoms with van der Waals surface area (Å²) < 4.78 is 34.0. The first-order valence-corrected chi connectivity index (χ1v) is 4.88. The van der Waals surface area contributed by atoms with E-state index in [4.69, 9.17) is 10.6 Å². The minimum Gasteiger partial charge on any atom is -0.395 e. The molecule has 0 atom stereocenters. The van der Waals surface area contributed by atoms with Crippen LogP contribution >= 0.6 is 0 Å². The quantitative estimate of drug-likeness (QED) is 0.722. The van der Waals surface area contributed by atoms with Crippen molar-refractivity contribution in [3.05, 3.63) is 30.1 Å². The number of halogens is 2. The van der Waals surface area contributed by atoms with Gasteiger partial charge in [0.15, 0.2) is 11.5 Å². The van der Waals surface area contributed by atoms with Gasteiger partial charge in [0.1, 0.15) is 5.70 Å². The SMILES string of the molecule is N=N/C(=C\Nc1ccc2c(c1)OC(F)(F)O2)CO. The van der Waals surface area contributed by atoms with Gasteiger partial charge >= 0.3 is 6.29 Å². The van der Waals surface area contributed by atoms with Crippen LogP contribution in [0.25, 0.3) is 0 Å². The van der Waals surface area contributed by atoms with Gasteiger partial charge in [0, 0.05) is 18.0 Å². The van der Waals surface area contributed by atoms with Crippen molar-refractivity contribution in [3.63, 3.8) is 0 Å². The van der Waals surface area contributed by atoms with E-state index in [-0.39, 0.29) is 17.2 Å². The van der Waals surface area contributed by atoms with Gasteiger partial charge in [-0.3, -0.25) is 0 Å². The summed E-state index contributed by atoms with van der Waals surface area (Å²) in [5.74, 6) is -0.145. The van der Waals surface area contributed by atoms with E-state index in [0.717, 1.165) is 0 Å². The number of aliphatic hydroxyl groups is 1. The van der Waals surface area contributed by atoms with Crippen molar-refractivity contribution in [2.75, 3.05) is 11.9 Å². The van der Waals surface area contributed by atoms with Crippen molar-refractivity contribution in [3.8, 4) is 11.5 Å². The monoisotopic (exact) mass is 257 g/mol. The van der Waals surface area contributed by atoms with Crippen LogP contribution in [-0.2, 0) is 0 Å². The van der Waals surface area contributed by atoms with E-state index < -0.39 is 12.9 Å². The van der Waals surface area contributed by atoms with Gasteiger partial charge in [0.2, 0.25) is 0 Å². The van der Waals surface area contributed by atoms with E-state index in [1.807, 2.05) is 0 Å². The maximum atomic E-state index is 12.7. The van der Waals surface area contributed by atoms with Gasteiger partial charge in [0.05, 0.1) is 6.61 Å². The lowest BCUT2D eigenvalue weighted by Crippen LogP contribution is -2.25. The van der Waals surface area contributed by atoms with Crippen LogP contribution in [0, 0.1) is 5.53 Å². The molecular weight excluding hydrogens is 248 g/mol. The minimum absolute atomic E-state index is 0.0536. The number of nitrogens with zero attached hydrogens (tertiary/aromatic N) is 1. The van der Waals surface area contributed by atoms with Crippen LogP contribution in [0.15, 0.2) is 35.2 Å². The van der Waals surface area contributed by atoms with Crippen molar-refractivity contribution in [2.45, 2.75) is 6.29 Å². The fourth-order valence-electron chi connectivity index (χ4n) is 1.32. The molecule has 2 rings (SSSR count). The van der Waals surface area contributed by atoms with Gasteiger partial charge in [-0.2, -0.15) is 5.11 Å². The van der Waals surface area contributed by atoms with Crippen LogP contribution < -0.4 is 14.8 Å². The number of nitrogens with one attached hydrogen (secondary N) is 2. The van der Waals surface area contributed by atoms with Crippen molar-refractivity contribution < 1.29 is 23.4 Å². The topological polar surface area (TPSA) is 86.9 Å². The van der Waals surface area contributed by atoms with Crippen LogP contribution in [0.3, 0.4) is 0 Å². The highest BCUT2D eigenvalue weighted by atomic mass is 19.3.